The maximum Gasteiger partial charge on any atom is 0.392 e. The number of alkyl halides is 3. The van der Waals surface area contributed by atoms with Gasteiger partial charge in [-0.15, -0.1) is 0 Å². The van der Waals surface area contributed by atoms with E-state index < -0.39 is 19.2 Å². The van der Waals surface area contributed by atoms with E-state index in [-0.39, 0.29) is 11.6 Å². The molecule has 0 aromatic carbocycles. The first-order valence-electron chi connectivity index (χ1n) is 4.31. The lowest BCUT2D eigenvalue weighted by molar-refractivity contribution is -0.139. The van der Waals surface area contributed by atoms with Crippen LogP contribution in [0.4, 0.5) is 19.0 Å². The minimum absolute atomic E-state index is 0.108. The Morgan fingerprint density at radius 2 is 2.07 bits per heavy atom. The van der Waals surface area contributed by atoms with Gasteiger partial charge in [-0.2, -0.15) is 13.2 Å². The van der Waals surface area contributed by atoms with E-state index in [1.165, 1.54) is 6.07 Å². The van der Waals surface area contributed by atoms with Gasteiger partial charge in [0.15, 0.2) is 11.6 Å². The van der Waals surface area contributed by atoms with Gasteiger partial charge in [0.2, 0.25) is 0 Å². The fourth-order valence-electron chi connectivity index (χ4n) is 0.963. The van der Waals surface area contributed by atoms with Crippen molar-refractivity contribution in [3.05, 3.63) is 17.8 Å². The van der Waals surface area contributed by atoms with Gasteiger partial charge in [-0.1, -0.05) is 0 Å². The minimum Gasteiger partial charge on any atom is -0.489 e. The second kappa shape index (κ2) is 4.37. The normalized spacial score (nSPS) is 11.5. The van der Waals surface area contributed by atoms with Crippen LogP contribution in [0.1, 0.15) is 12.1 Å². The Bertz CT molecular complexity index is 339. The number of nitrogens with two attached hydrogens (primary N) is 1. The van der Waals surface area contributed by atoms with E-state index in [0.717, 1.165) is 0 Å². The summed E-state index contributed by atoms with van der Waals surface area (Å²) >= 11 is 0. The highest BCUT2D eigenvalue weighted by molar-refractivity contribution is 5.46. The number of pyridine rings is 1. The van der Waals surface area contributed by atoms with E-state index in [1.807, 2.05) is 0 Å². The number of nitrogens with zero attached hydrogens (tertiary/aromatic N) is 1. The summed E-state index contributed by atoms with van der Waals surface area (Å²) in [5.41, 5.74) is 6.14. The summed E-state index contributed by atoms with van der Waals surface area (Å²) in [5, 5.41) is 0. The highest BCUT2D eigenvalue weighted by Gasteiger charge is 2.26. The minimum atomic E-state index is -4.22. The first-order valence-corrected chi connectivity index (χ1v) is 4.31. The van der Waals surface area contributed by atoms with Crippen LogP contribution in [-0.2, 0) is 0 Å². The molecule has 0 atom stereocenters. The van der Waals surface area contributed by atoms with E-state index in [2.05, 4.69) is 4.98 Å². The summed E-state index contributed by atoms with van der Waals surface area (Å²) in [7, 11) is 0. The Labute approximate surface area is 85.1 Å². The van der Waals surface area contributed by atoms with Gasteiger partial charge in [0.05, 0.1) is 13.0 Å². The molecule has 0 amide bonds. The van der Waals surface area contributed by atoms with Gasteiger partial charge >= 0.3 is 6.18 Å². The highest BCUT2D eigenvalue weighted by atomic mass is 19.4. The van der Waals surface area contributed by atoms with Crippen LogP contribution in [0.5, 0.6) is 5.75 Å². The van der Waals surface area contributed by atoms with Crippen molar-refractivity contribution < 1.29 is 17.9 Å². The molecule has 0 radical (unpaired) electrons. The first kappa shape index (κ1) is 11.6. The summed E-state index contributed by atoms with van der Waals surface area (Å²) in [6.07, 6.45) is -5.22. The maximum atomic E-state index is 11.8. The van der Waals surface area contributed by atoms with E-state index in [1.54, 1.807) is 13.0 Å². The Kier molecular flexibility index (Phi) is 3.39. The summed E-state index contributed by atoms with van der Waals surface area (Å²) < 4.78 is 40.2. The lowest BCUT2D eigenvalue weighted by atomic mass is 10.3. The van der Waals surface area contributed by atoms with Crippen LogP contribution in [-0.4, -0.2) is 17.8 Å². The van der Waals surface area contributed by atoms with Gasteiger partial charge in [0.1, 0.15) is 0 Å². The molecule has 0 aliphatic heterocycles. The number of hydrogen-bond donors (Lipinski definition) is 1. The Morgan fingerprint density at radius 1 is 1.40 bits per heavy atom. The number of hydrogen-bond acceptors (Lipinski definition) is 3. The van der Waals surface area contributed by atoms with Crippen molar-refractivity contribution in [3.63, 3.8) is 0 Å². The van der Waals surface area contributed by atoms with Crippen LogP contribution in [0.25, 0.3) is 0 Å². The zero-order valence-corrected chi connectivity index (χ0v) is 8.14. The monoisotopic (exact) mass is 220 g/mol. The SMILES string of the molecule is Cc1ccc(OCCC(F)(F)F)c(N)n1. The van der Waals surface area contributed by atoms with Crippen molar-refractivity contribution in [1.29, 1.82) is 0 Å². The molecule has 1 aromatic rings. The Balaban J connectivity index is 2.51. The molecule has 0 spiro atoms. The summed E-state index contributed by atoms with van der Waals surface area (Å²) in [6.45, 7) is 1.29. The molecule has 1 aromatic heterocycles. The molecule has 84 valence electrons. The Hall–Kier alpha value is -1.46. The predicted octanol–water partition coefficient (Wildman–Crippen LogP) is 2.30. The van der Waals surface area contributed by atoms with Crippen LogP contribution in [0.2, 0.25) is 0 Å². The molecule has 0 unspecified atom stereocenters. The van der Waals surface area contributed by atoms with Crippen molar-refractivity contribution >= 4 is 5.82 Å². The molecule has 1 heterocycles. The average molecular weight is 220 g/mol. The third-order valence-electron chi connectivity index (χ3n) is 1.67. The second-order valence-corrected chi connectivity index (χ2v) is 3.05. The standard InChI is InChI=1S/C9H11F3N2O/c1-6-2-3-7(8(13)14-6)15-5-4-9(10,11)12/h2-3H,4-5H2,1H3,(H2,13,14). The largest absolute Gasteiger partial charge is 0.489 e. The molecule has 0 bridgehead atoms. The third-order valence-corrected chi connectivity index (χ3v) is 1.67. The predicted molar refractivity (Wildman–Crippen MR) is 49.6 cm³/mol. The molecule has 15 heavy (non-hydrogen) atoms. The van der Waals surface area contributed by atoms with Crippen molar-refractivity contribution in [1.82, 2.24) is 4.98 Å². The van der Waals surface area contributed by atoms with Crippen molar-refractivity contribution in [2.24, 2.45) is 0 Å². The third kappa shape index (κ3) is 4.05. The summed E-state index contributed by atoms with van der Waals surface area (Å²) in [5.74, 6) is 0.294. The molecule has 3 nitrogen and oxygen atoms in total. The lowest BCUT2D eigenvalue weighted by Gasteiger charge is -2.10. The zero-order valence-electron chi connectivity index (χ0n) is 8.14. The van der Waals surface area contributed by atoms with Gasteiger partial charge in [0.25, 0.3) is 0 Å². The van der Waals surface area contributed by atoms with E-state index in [4.69, 9.17) is 10.5 Å². The fourth-order valence-corrected chi connectivity index (χ4v) is 0.963. The number of rotatable bonds is 3. The van der Waals surface area contributed by atoms with E-state index in [9.17, 15) is 13.2 Å². The van der Waals surface area contributed by atoms with Crippen LogP contribution >= 0.6 is 0 Å². The molecule has 1 rings (SSSR count). The summed E-state index contributed by atoms with van der Waals surface area (Å²) in [4.78, 5) is 3.86. The number of aromatic nitrogens is 1. The molecular formula is C9H11F3N2O. The van der Waals surface area contributed by atoms with Crippen molar-refractivity contribution in [2.75, 3.05) is 12.3 Å². The summed E-state index contributed by atoms with van der Waals surface area (Å²) in [6, 6.07) is 3.13. The molecule has 6 heteroatoms. The van der Waals surface area contributed by atoms with Gasteiger partial charge in [0, 0.05) is 5.69 Å². The molecule has 0 fully saturated rings. The number of aryl methyl sites for hydroxylation is 1. The topological polar surface area (TPSA) is 48.1 Å². The molecule has 0 saturated carbocycles. The van der Waals surface area contributed by atoms with Crippen LogP contribution in [0, 0.1) is 6.92 Å². The molecule has 0 aliphatic carbocycles. The smallest absolute Gasteiger partial charge is 0.392 e. The molecular weight excluding hydrogens is 209 g/mol. The molecule has 2 N–H and O–H groups in total. The Morgan fingerprint density at radius 3 is 2.60 bits per heavy atom. The number of ether oxygens (including phenoxy) is 1. The van der Waals surface area contributed by atoms with Gasteiger partial charge < -0.3 is 10.5 Å². The van der Waals surface area contributed by atoms with Crippen molar-refractivity contribution in [3.8, 4) is 5.75 Å². The highest BCUT2D eigenvalue weighted by Crippen LogP contribution is 2.22. The van der Waals surface area contributed by atoms with Gasteiger partial charge in [-0.05, 0) is 19.1 Å². The zero-order chi connectivity index (χ0) is 11.5. The lowest BCUT2D eigenvalue weighted by Crippen LogP contribution is -2.13. The number of nitrogen functional groups attached to an aromatic ring is 1. The quantitative estimate of drug-likeness (QED) is 0.850. The number of halogens is 3. The molecule has 0 saturated heterocycles. The van der Waals surface area contributed by atoms with Crippen LogP contribution in [0.15, 0.2) is 12.1 Å². The van der Waals surface area contributed by atoms with Gasteiger partial charge in [-0.3, -0.25) is 0 Å². The van der Waals surface area contributed by atoms with E-state index >= 15 is 0 Å². The molecule has 0 aliphatic rings. The average Bonchev–Trinajstić information content (AvgIpc) is 2.07. The number of anilines is 1. The van der Waals surface area contributed by atoms with Gasteiger partial charge in [-0.25, -0.2) is 4.98 Å². The maximum absolute atomic E-state index is 11.8. The van der Waals surface area contributed by atoms with Crippen LogP contribution < -0.4 is 10.5 Å². The van der Waals surface area contributed by atoms with E-state index in [0.29, 0.717) is 5.69 Å². The fraction of sp³-hybridized carbons (Fsp3) is 0.444. The van der Waals surface area contributed by atoms with Crippen LogP contribution in [0.3, 0.4) is 0 Å². The first-order chi connectivity index (χ1) is 6.88. The van der Waals surface area contributed by atoms with Crippen molar-refractivity contribution in [2.45, 2.75) is 19.5 Å². The second-order valence-electron chi connectivity index (χ2n) is 3.05.